The van der Waals surface area contributed by atoms with Crippen LogP contribution in [0.4, 0.5) is 34.1 Å². The van der Waals surface area contributed by atoms with Crippen molar-refractivity contribution in [2.75, 3.05) is 9.80 Å². The van der Waals surface area contributed by atoms with Gasteiger partial charge in [0.25, 0.3) is 0 Å². The molecule has 272 valence electrons. The molecule has 0 radical (unpaired) electrons. The van der Waals surface area contributed by atoms with Crippen LogP contribution in [0, 0.1) is 0 Å². The third-order valence-electron chi connectivity index (χ3n) is 11.7. The number of para-hydroxylation sites is 2. The van der Waals surface area contributed by atoms with Crippen molar-refractivity contribution >= 4 is 44.9 Å². The molecule has 0 aromatic heterocycles. The first-order chi connectivity index (χ1) is 28.0. The largest absolute Gasteiger partial charge is 0.311 e. The minimum atomic E-state index is -0.0932. The van der Waals surface area contributed by atoms with Crippen LogP contribution in [0.1, 0.15) is 25.0 Å². The van der Waals surface area contributed by atoms with Crippen LogP contribution in [-0.2, 0) is 5.41 Å². The highest BCUT2D eigenvalue weighted by atomic mass is 15.1. The highest BCUT2D eigenvalue weighted by Gasteiger charge is 2.35. The van der Waals surface area contributed by atoms with Crippen LogP contribution in [-0.4, -0.2) is 0 Å². The van der Waals surface area contributed by atoms with E-state index in [0.717, 1.165) is 34.1 Å². The summed E-state index contributed by atoms with van der Waals surface area (Å²) in [7, 11) is 0. The summed E-state index contributed by atoms with van der Waals surface area (Å²) in [6.07, 6.45) is 0. The summed E-state index contributed by atoms with van der Waals surface area (Å²) in [4.78, 5) is 4.75. The zero-order chi connectivity index (χ0) is 38.3. The molecule has 0 fully saturated rings. The molecule has 2 heteroatoms. The highest BCUT2D eigenvalue weighted by molar-refractivity contribution is 6.06. The van der Waals surface area contributed by atoms with Gasteiger partial charge in [-0.05, 0) is 117 Å². The van der Waals surface area contributed by atoms with Crippen LogP contribution in [0.25, 0.3) is 44.2 Å². The molecule has 0 aliphatic heterocycles. The third kappa shape index (κ3) is 6.07. The average Bonchev–Trinajstić information content (AvgIpc) is 3.51. The maximum absolute atomic E-state index is 2.43. The van der Waals surface area contributed by atoms with Gasteiger partial charge >= 0.3 is 0 Å². The lowest BCUT2D eigenvalue weighted by molar-refractivity contribution is 0.660. The van der Waals surface area contributed by atoms with Crippen molar-refractivity contribution < 1.29 is 0 Å². The van der Waals surface area contributed by atoms with Crippen molar-refractivity contribution in [3.63, 3.8) is 0 Å². The quantitative estimate of drug-likeness (QED) is 0.154. The normalized spacial score (nSPS) is 12.5. The molecule has 2 nitrogen and oxygen atoms in total. The Morgan fingerprint density at radius 1 is 0.298 bits per heavy atom. The second-order valence-corrected chi connectivity index (χ2v) is 15.4. The maximum Gasteiger partial charge on any atom is 0.0540 e. The van der Waals surface area contributed by atoms with E-state index >= 15 is 0 Å². The number of rotatable bonds is 8. The van der Waals surface area contributed by atoms with Crippen LogP contribution in [0.2, 0.25) is 0 Å². The van der Waals surface area contributed by atoms with Gasteiger partial charge in [0.05, 0.1) is 5.69 Å². The molecule has 0 N–H and O–H groups in total. The summed E-state index contributed by atoms with van der Waals surface area (Å²) in [6, 6.07) is 79.1. The molecule has 10 rings (SSSR count). The SMILES string of the molecule is CC1(C)c2ccccc2-c2ccc(N(c3ccccc3)c3ccc(-c4ccc(N(c5ccccc5)c5ccc(-c6ccccc6)cc5)cc4)c4ccccc34)cc21. The minimum absolute atomic E-state index is 0.0932. The van der Waals surface area contributed by atoms with Crippen molar-refractivity contribution in [3.05, 3.63) is 230 Å². The van der Waals surface area contributed by atoms with Gasteiger partial charge in [-0.3, -0.25) is 0 Å². The van der Waals surface area contributed by atoms with E-state index in [1.165, 1.54) is 55.3 Å². The molecule has 0 atom stereocenters. The third-order valence-corrected chi connectivity index (χ3v) is 11.7. The molecule has 0 amide bonds. The first-order valence-corrected chi connectivity index (χ1v) is 19.8. The number of anilines is 6. The van der Waals surface area contributed by atoms with Gasteiger partial charge < -0.3 is 9.80 Å². The van der Waals surface area contributed by atoms with Gasteiger partial charge in [-0.2, -0.15) is 0 Å². The van der Waals surface area contributed by atoms with Crippen LogP contribution in [0.3, 0.4) is 0 Å². The van der Waals surface area contributed by atoms with Crippen LogP contribution in [0.15, 0.2) is 218 Å². The lowest BCUT2D eigenvalue weighted by atomic mass is 9.82. The summed E-state index contributed by atoms with van der Waals surface area (Å²) in [6.45, 7) is 4.70. The first-order valence-electron chi connectivity index (χ1n) is 19.8. The van der Waals surface area contributed by atoms with Crippen LogP contribution < -0.4 is 9.80 Å². The molecular formula is C55H42N2. The fourth-order valence-corrected chi connectivity index (χ4v) is 8.81. The van der Waals surface area contributed by atoms with Crippen molar-refractivity contribution in [2.45, 2.75) is 19.3 Å². The summed E-state index contributed by atoms with van der Waals surface area (Å²) in [5, 5.41) is 2.42. The fourth-order valence-electron chi connectivity index (χ4n) is 8.81. The minimum Gasteiger partial charge on any atom is -0.311 e. The van der Waals surface area contributed by atoms with E-state index in [2.05, 4.69) is 242 Å². The van der Waals surface area contributed by atoms with Crippen molar-refractivity contribution in [3.8, 4) is 33.4 Å². The van der Waals surface area contributed by atoms with Crippen molar-refractivity contribution in [1.29, 1.82) is 0 Å². The lowest BCUT2D eigenvalue weighted by Gasteiger charge is -2.29. The van der Waals surface area contributed by atoms with Crippen LogP contribution in [0.5, 0.6) is 0 Å². The van der Waals surface area contributed by atoms with E-state index in [-0.39, 0.29) is 5.41 Å². The molecule has 0 unspecified atom stereocenters. The Labute approximate surface area is 335 Å². The summed E-state index contributed by atoms with van der Waals surface area (Å²) in [5.74, 6) is 0. The number of nitrogens with zero attached hydrogens (tertiary/aromatic N) is 2. The Balaban J connectivity index is 1.04. The van der Waals surface area contributed by atoms with Gasteiger partial charge in [-0.25, -0.2) is 0 Å². The molecule has 0 saturated carbocycles. The molecule has 57 heavy (non-hydrogen) atoms. The number of benzene rings is 9. The van der Waals surface area contributed by atoms with E-state index < -0.39 is 0 Å². The average molecular weight is 731 g/mol. The van der Waals surface area contributed by atoms with Gasteiger partial charge in [0.15, 0.2) is 0 Å². The summed E-state index contributed by atoms with van der Waals surface area (Å²) in [5.41, 5.74) is 16.9. The number of fused-ring (bicyclic) bond motifs is 4. The number of hydrogen-bond acceptors (Lipinski definition) is 2. The maximum atomic E-state index is 2.43. The van der Waals surface area contributed by atoms with E-state index in [1.807, 2.05) is 0 Å². The van der Waals surface area contributed by atoms with Gasteiger partial charge in [-0.1, -0.05) is 166 Å². The molecule has 1 aliphatic carbocycles. The topological polar surface area (TPSA) is 6.48 Å². The molecule has 9 aromatic rings. The Morgan fingerprint density at radius 2 is 0.754 bits per heavy atom. The van der Waals surface area contributed by atoms with Crippen molar-refractivity contribution in [2.24, 2.45) is 0 Å². The molecule has 0 heterocycles. The predicted octanol–water partition coefficient (Wildman–Crippen LogP) is 15.4. The standard InChI is InChI=1S/C55H42N2/c1-55(2)52-25-15-14-23-49(52)50-35-34-46(38-53(50)55)57(43-20-10-5-11-21-43)54-37-36-47(48-22-12-13-24-51(48)54)41-28-32-45(33-29-41)56(42-18-8-4-9-19-42)44-30-26-40(27-31-44)39-16-6-3-7-17-39/h3-38H,1-2H3. The molecule has 0 saturated heterocycles. The van der Waals surface area contributed by atoms with Gasteiger partial charge in [-0.15, -0.1) is 0 Å². The van der Waals surface area contributed by atoms with Crippen LogP contribution >= 0.6 is 0 Å². The lowest BCUT2D eigenvalue weighted by Crippen LogP contribution is -2.16. The summed E-state index contributed by atoms with van der Waals surface area (Å²) < 4.78 is 0. The molecule has 1 aliphatic rings. The zero-order valence-electron chi connectivity index (χ0n) is 32.2. The molecular weight excluding hydrogens is 689 g/mol. The monoisotopic (exact) mass is 730 g/mol. The van der Waals surface area contributed by atoms with E-state index in [4.69, 9.17) is 0 Å². The summed E-state index contributed by atoms with van der Waals surface area (Å²) >= 11 is 0. The van der Waals surface area contributed by atoms with Crippen molar-refractivity contribution in [1.82, 2.24) is 0 Å². The van der Waals surface area contributed by atoms with E-state index in [0.29, 0.717) is 0 Å². The second kappa shape index (κ2) is 14.2. The van der Waals surface area contributed by atoms with Gasteiger partial charge in [0, 0.05) is 39.2 Å². The smallest absolute Gasteiger partial charge is 0.0540 e. The van der Waals surface area contributed by atoms with Gasteiger partial charge in [0.2, 0.25) is 0 Å². The highest BCUT2D eigenvalue weighted by Crippen LogP contribution is 2.51. The van der Waals surface area contributed by atoms with Gasteiger partial charge in [0.1, 0.15) is 0 Å². The fraction of sp³-hybridized carbons (Fsp3) is 0.0545. The molecule has 9 aromatic carbocycles. The second-order valence-electron chi connectivity index (χ2n) is 15.4. The van der Waals surface area contributed by atoms with E-state index in [1.54, 1.807) is 0 Å². The first kappa shape index (κ1) is 34.3. The Bertz CT molecular complexity index is 2840. The van der Waals surface area contributed by atoms with E-state index in [9.17, 15) is 0 Å². The molecule has 0 spiro atoms. The number of hydrogen-bond donors (Lipinski definition) is 0. The predicted molar refractivity (Wildman–Crippen MR) is 242 cm³/mol. The Morgan fingerprint density at radius 3 is 1.42 bits per heavy atom. The zero-order valence-corrected chi connectivity index (χ0v) is 32.2. The Kier molecular flexibility index (Phi) is 8.53. The molecule has 0 bridgehead atoms. The Hall–Kier alpha value is -7.16.